The first-order valence-electron chi connectivity index (χ1n) is 16.4. The van der Waals surface area contributed by atoms with Crippen molar-refractivity contribution in [3.63, 3.8) is 0 Å². The summed E-state index contributed by atoms with van der Waals surface area (Å²) in [6.45, 7) is 0.691. The van der Waals surface area contributed by atoms with Gasteiger partial charge in [0.2, 0.25) is 11.8 Å². The third-order valence-corrected chi connectivity index (χ3v) is 7.85. The molecule has 2 amide bonds. The minimum Gasteiger partial charge on any atom is -0.489 e. The van der Waals surface area contributed by atoms with E-state index in [0.29, 0.717) is 38.9 Å². The van der Waals surface area contributed by atoms with Gasteiger partial charge in [0.25, 0.3) is 0 Å². The fourth-order valence-corrected chi connectivity index (χ4v) is 5.22. The lowest BCUT2D eigenvalue weighted by molar-refractivity contribution is -0.146. The van der Waals surface area contributed by atoms with Crippen molar-refractivity contribution >= 4 is 17.8 Å². The van der Waals surface area contributed by atoms with Crippen LogP contribution < -0.4 is 15.4 Å². The fraction of sp³-hybridized carbons (Fsp3) is 0.395. The van der Waals surface area contributed by atoms with Gasteiger partial charge in [-0.3, -0.25) is 14.4 Å². The molecule has 3 N–H and O–H groups in total. The van der Waals surface area contributed by atoms with Gasteiger partial charge >= 0.3 is 5.97 Å². The molecule has 4 rings (SSSR count). The van der Waals surface area contributed by atoms with Crippen LogP contribution in [0.15, 0.2) is 97.1 Å². The SMILES string of the molecule is O=C(CC1CC=CCCCCC(=O)OCC(COCc2ccccc2)NC1=O)NC(CO)Cc1ccc(OCc2ccccc2)cc1. The fourth-order valence-electron chi connectivity index (χ4n) is 5.22. The zero-order valence-corrected chi connectivity index (χ0v) is 26.9. The normalized spacial score (nSPS) is 18.3. The highest BCUT2D eigenvalue weighted by Gasteiger charge is 2.25. The van der Waals surface area contributed by atoms with Crippen molar-refractivity contribution in [2.24, 2.45) is 5.92 Å². The number of allylic oxidation sites excluding steroid dienone is 2. The molecule has 1 heterocycles. The predicted molar refractivity (Wildman–Crippen MR) is 179 cm³/mol. The second kappa shape index (κ2) is 19.9. The Morgan fingerprint density at radius 2 is 1.60 bits per heavy atom. The van der Waals surface area contributed by atoms with E-state index in [0.717, 1.165) is 35.3 Å². The van der Waals surface area contributed by atoms with E-state index < -0.39 is 18.0 Å². The molecule has 0 fully saturated rings. The van der Waals surface area contributed by atoms with Crippen LogP contribution in [0.5, 0.6) is 5.75 Å². The number of esters is 1. The second-order valence-corrected chi connectivity index (χ2v) is 11.8. The first kappa shape index (κ1) is 35.4. The second-order valence-electron chi connectivity index (χ2n) is 11.8. The van der Waals surface area contributed by atoms with E-state index in [4.69, 9.17) is 14.2 Å². The quantitative estimate of drug-likeness (QED) is 0.176. The standard InChI is InChI=1S/C38H46N2O7/c41-24-33(22-29-18-20-35(21-19-29)46-26-31-14-8-5-9-15-31)39-36(42)23-32-16-10-2-1-3-11-17-37(43)47-28-34(40-38(32)44)27-45-25-30-12-6-4-7-13-30/h2,4-10,12-15,18-21,32-34,41H,1,3,11,16-17,22-28H2,(H,39,42)(H,40,44). The van der Waals surface area contributed by atoms with Crippen molar-refractivity contribution in [1.82, 2.24) is 10.6 Å². The number of amides is 2. The average molecular weight is 643 g/mol. The summed E-state index contributed by atoms with van der Waals surface area (Å²) in [4.78, 5) is 38.9. The number of carbonyl (C=O) groups is 3. The van der Waals surface area contributed by atoms with Gasteiger partial charge in [-0.05, 0) is 60.9 Å². The Kier molecular flexibility index (Phi) is 15.0. The molecule has 0 spiro atoms. The maximum Gasteiger partial charge on any atom is 0.305 e. The summed E-state index contributed by atoms with van der Waals surface area (Å²) in [6.07, 6.45) is 7.28. The molecule has 1 aliphatic heterocycles. The minimum atomic E-state index is -0.651. The average Bonchev–Trinajstić information content (AvgIpc) is 3.09. The van der Waals surface area contributed by atoms with Gasteiger partial charge in [0.05, 0.1) is 37.8 Å². The highest BCUT2D eigenvalue weighted by atomic mass is 16.5. The van der Waals surface area contributed by atoms with Crippen LogP contribution in [0.1, 0.15) is 55.2 Å². The summed E-state index contributed by atoms with van der Waals surface area (Å²) in [5.74, 6) is -0.883. The van der Waals surface area contributed by atoms with E-state index >= 15 is 0 Å². The Hall–Kier alpha value is -4.47. The summed E-state index contributed by atoms with van der Waals surface area (Å²) in [7, 11) is 0. The van der Waals surface area contributed by atoms with Gasteiger partial charge in [0, 0.05) is 12.8 Å². The Morgan fingerprint density at radius 1 is 0.894 bits per heavy atom. The van der Waals surface area contributed by atoms with Crippen LogP contribution in [0.3, 0.4) is 0 Å². The lowest BCUT2D eigenvalue weighted by Crippen LogP contribution is -2.46. The van der Waals surface area contributed by atoms with E-state index in [9.17, 15) is 19.5 Å². The molecule has 0 aliphatic carbocycles. The summed E-state index contributed by atoms with van der Waals surface area (Å²) in [5, 5.41) is 15.9. The van der Waals surface area contributed by atoms with Gasteiger partial charge in [-0.15, -0.1) is 0 Å². The number of cyclic esters (lactones) is 1. The maximum atomic E-state index is 13.5. The monoisotopic (exact) mass is 642 g/mol. The van der Waals surface area contributed by atoms with Crippen molar-refractivity contribution in [3.05, 3.63) is 114 Å². The molecule has 1 aliphatic rings. The minimum absolute atomic E-state index is 0.0171. The summed E-state index contributed by atoms with van der Waals surface area (Å²) < 4.78 is 17.2. The highest BCUT2D eigenvalue weighted by Crippen LogP contribution is 2.17. The first-order chi connectivity index (χ1) is 23.0. The molecular formula is C38H46N2O7. The number of benzene rings is 3. The van der Waals surface area contributed by atoms with Crippen molar-refractivity contribution < 1.29 is 33.7 Å². The molecular weight excluding hydrogens is 596 g/mol. The Morgan fingerprint density at radius 3 is 2.30 bits per heavy atom. The molecule has 0 saturated carbocycles. The summed E-state index contributed by atoms with van der Waals surface area (Å²) in [6, 6.07) is 26.1. The van der Waals surface area contributed by atoms with Crippen LogP contribution >= 0.6 is 0 Å². The van der Waals surface area contributed by atoms with E-state index in [-0.39, 0.29) is 44.0 Å². The van der Waals surface area contributed by atoms with Crippen LogP contribution in [0.2, 0.25) is 0 Å². The van der Waals surface area contributed by atoms with Crippen LogP contribution in [0.25, 0.3) is 0 Å². The molecule has 47 heavy (non-hydrogen) atoms. The number of nitrogens with one attached hydrogen (secondary N) is 2. The van der Waals surface area contributed by atoms with Crippen LogP contribution in [0, 0.1) is 5.92 Å². The van der Waals surface area contributed by atoms with Gasteiger partial charge in [0.15, 0.2) is 0 Å². The number of hydrogen-bond acceptors (Lipinski definition) is 7. The molecule has 9 nitrogen and oxygen atoms in total. The number of hydrogen-bond donors (Lipinski definition) is 3. The van der Waals surface area contributed by atoms with Gasteiger partial charge in [-0.25, -0.2) is 0 Å². The summed E-state index contributed by atoms with van der Waals surface area (Å²) >= 11 is 0. The van der Waals surface area contributed by atoms with E-state index in [1.807, 2.05) is 97.1 Å². The number of aliphatic hydroxyl groups is 1. The molecule has 3 atom stereocenters. The Balaban J connectivity index is 1.32. The molecule has 3 aromatic rings. The predicted octanol–water partition coefficient (Wildman–Crippen LogP) is 5.06. The van der Waals surface area contributed by atoms with Crippen molar-refractivity contribution in [3.8, 4) is 5.75 Å². The van der Waals surface area contributed by atoms with E-state index in [1.165, 1.54) is 0 Å². The molecule has 3 unspecified atom stereocenters. The number of rotatable bonds is 13. The lowest BCUT2D eigenvalue weighted by Gasteiger charge is -2.23. The Labute approximate surface area is 277 Å². The van der Waals surface area contributed by atoms with Gasteiger partial charge in [0.1, 0.15) is 19.0 Å². The smallest absolute Gasteiger partial charge is 0.305 e. The van der Waals surface area contributed by atoms with Crippen molar-refractivity contribution in [1.29, 1.82) is 0 Å². The zero-order valence-electron chi connectivity index (χ0n) is 26.9. The van der Waals surface area contributed by atoms with Crippen LogP contribution in [-0.2, 0) is 43.5 Å². The van der Waals surface area contributed by atoms with Crippen molar-refractivity contribution in [2.45, 2.75) is 70.2 Å². The molecule has 0 saturated heterocycles. The molecule has 250 valence electrons. The Bertz CT molecular complexity index is 1400. The third kappa shape index (κ3) is 13.4. The first-order valence-corrected chi connectivity index (χ1v) is 16.4. The van der Waals surface area contributed by atoms with Crippen molar-refractivity contribution in [2.75, 3.05) is 19.8 Å². The van der Waals surface area contributed by atoms with Gasteiger partial charge in [-0.1, -0.05) is 84.9 Å². The van der Waals surface area contributed by atoms with E-state index in [1.54, 1.807) is 0 Å². The van der Waals surface area contributed by atoms with Gasteiger partial charge in [-0.2, -0.15) is 0 Å². The molecule has 0 aromatic heterocycles. The molecule has 9 heteroatoms. The number of carbonyl (C=O) groups excluding carboxylic acids is 3. The zero-order chi connectivity index (χ0) is 33.1. The summed E-state index contributed by atoms with van der Waals surface area (Å²) in [5.41, 5.74) is 3.00. The van der Waals surface area contributed by atoms with Crippen LogP contribution in [-0.4, -0.2) is 54.8 Å². The third-order valence-electron chi connectivity index (χ3n) is 7.85. The van der Waals surface area contributed by atoms with E-state index in [2.05, 4.69) is 10.6 Å². The maximum absolute atomic E-state index is 13.5. The number of aliphatic hydroxyl groups excluding tert-OH is 1. The largest absolute Gasteiger partial charge is 0.489 e. The number of ether oxygens (including phenoxy) is 3. The molecule has 0 radical (unpaired) electrons. The topological polar surface area (TPSA) is 123 Å². The van der Waals surface area contributed by atoms with Crippen LogP contribution in [0.4, 0.5) is 0 Å². The molecule has 0 bridgehead atoms. The molecule has 3 aromatic carbocycles. The highest BCUT2D eigenvalue weighted by molar-refractivity contribution is 5.86. The van der Waals surface area contributed by atoms with Gasteiger partial charge < -0.3 is 30.0 Å². The lowest BCUT2D eigenvalue weighted by atomic mass is 9.97.